The van der Waals surface area contributed by atoms with Gasteiger partial charge in [-0.1, -0.05) is 0 Å². The molecule has 16 heavy (non-hydrogen) atoms. The van der Waals surface area contributed by atoms with Crippen LogP contribution in [0.25, 0.3) is 11.1 Å². The number of aromatic nitrogens is 2. The quantitative estimate of drug-likeness (QED) is 0.775. The number of anilines is 1. The van der Waals surface area contributed by atoms with Crippen LogP contribution >= 0.6 is 0 Å². The summed E-state index contributed by atoms with van der Waals surface area (Å²) in [6, 6.07) is 1.59. The van der Waals surface area contributed by atoms with Gasteiger partial charge in [0.25, 0.3) is 0 Å². The molecular weight excluding hydrogens is 216 g/mol. The van der Waals surface area contributed by atoms with E-state index in [1.54, 1.807) is 7.05 Å². The standard InChI is InChI=1S/C10H9F2N3O/c1-15-10(13)6(4-14-15)5-2-8(12)9(16)3-7(5)11/h2-4,16H,13H2,1H3. The zero-order valence-corrected chi connectivity index (χ0v) is 8.41. The van der Waals surface area contributed by atoms with Gasteiger partial charge in [0.2, 0.25) is 0 Å². The smallest absolute Gasteiger partial charge is 0.165 e. The Morgan fingerprint density at radius 2 is 1.94 bits per heavy atom. The Balaban J connectivity index is 2.65. The topological polar surface area (TPSA) is 64.1 Å². The molecule has 3 N–H and O–H groups in total. The lowest BCUT2D eigenvalue weighted by molar-refractivity contribution is 0.427. The average Bonchev–Trinajstić information content (AvgIpc) is 2.54. The summed E-state index contributed by atoms with van der Waals surface area (Å²) in [7, 11) is 1.59. The molecule has 0 bridgehead atoms. The zero-order chi connectivity index (χ0) is 11.9. The second-order valence-corrected chi connectivity index (χ2v) is 3.35. The van der Waals surface area contributed by atoms with Gasteiger partial charge < -0.3 is 10.8 Å². The summed E-state index contributed by atoms with van der Waals surface area (Å²) in [4.78, 5) is 0. The van der Waals surface area contributed by atoms with Crippen LogP contribution in [0.5, 0.6) is 5.75 Å². The fourth-order valence-electron chi connectivity index (χ4n) is 1.40. The number of phenols is 1. The van der Waals surface area contributed by atoms with Crippen LogP contribution in [0.15, 0.2) is 18.3 Å². The summed E-state index contributed by atoms with van der Waals surface area (Å²) in [6.45, 7) is 0. The molecule has 0 saturated carbocycles. The van der Waals surface area contributed by atoms with Crippen molar-refractivity contribution in [3.8, 4) is 16.9 Å². The van der Waals surface area contributed by atoms with Gasteiger partial charge in [-0.25, -0.2) is 8.78 Å². The molecule has 4 nitrogen and oxygen atoms in total. The van der Waals surface area contributed by atoms with E-state index in [0.29, 0.717) is 11.6 Å². The largest absolute Gasteiger partial charge is 0.505 e. The third-order valence-electron chi connectivity index (χ3n) is 2.31. The number of benzene rings is 1. The summed E-state index contributed by atoms with van der Waals surface area (Å²) in [6.07, 6.45) is 1.34. The molecule has 0 unspecified atom stereocenters. The fourth-order valence-corrected chi connectivity index (χ4v) is 1.40. The van der Waals surface area contributed by atoms with Gasteiger partial charge in [0.15, 0.2) is 11.6 Å². The molecule has 0 aliphatic carbocycles. The predicted molar refractivity (Wildman–Crippen MR) is 54.6 cm³/mol. The molecule has 1 heterocycles. The number of nitrogens with two attached hydrogens (primary N) is 1. The van der Waals surface area contributed by atoms with Crippen molar-refractivity contribution >= 4 is 5.82 Å². The predicted octanol–water partition coefficient (Wildman–Crippen LogP) is 1.65. The van der Waals surface area contributed by atoms with Gasteiger partial charge in [0.1, 0.15) is 11.6 Å². The van der Waals surface area contributed by atoms with Gasteiger partial charge in [-0.05, 0) is 6.07 Å². The maximum atomic E-state index is 13.5. The Kier molecular flexibility index (Phi) is 2.26. The number of nitrogen functional groups attached to an aromatic ring is 1. The third kappa shape index (κ3) is 1.48. The summed E-state index contributed by atoms with van der Waals surface area (Å²) in [5.74, 6) is -2.16. The van der Waals surface area contributed by atoms with Gasteiger partial charge >= 0.3 is 0 Å². The Labute approximate surface area is 89.9 Å². The van der Waals surface area contributed by atoms with Crippen LogP contribution in [0, 0.1) is 11.6 Å². The van der Waals surface area contributed by atoms with Crippen molar-refractivity contribution in [2.75, 3.05) is 5.73 Å². The third-order valence-corrected chi connectivity index (χ3v) is 2.31. The number of hydrogen-bond acceptors (Lipinski definition) is 3. The molecule has 6 heteroatoms. The molecule has 1 aromatic heterocycles. The highest BCUT2D eigenvalue weighted by Crippen LogP contribution is 2.31. The first-order valence-electron chi connectivity index (χ1n) is 4.46. The monoisotopic (exact) mass is 225 g/mol. The lowest BCUT2D eigenvalue weighted by Gasteiger charge is -2.04. The molecule has 0 fully saturated rings. The van der Waals surface area contributed by atoms with Gasteiger partial charge in [0, 0.05) is 24.2 Å². The number of halogens is 2. The zero-order valence-electron chi connectivity index (χ0n) is 8.41. The van der Waals surface area contributed by atoms with E-state index in [4.69, 9.17) is 10.8 Å². The SMILES string of the molecule is Cn1ncc(-c2cc(F)c(O)cc2F)c1N. The van der Waals surface area contributed by atoms with Crippen LogP contribution in [0.4, 0.5) is 14.6 Å². The van der Waals surface area contributed by atoms with Crippen LogP contribution in [0.2, 0.25) is 0 Å². The first kappa shape index (κ1) is 10.4. The minimum atomic E-state index is -0.903. The van der Waals surface area contributed by atoms with Crippen molar-refractivity contribution < 1.29 is 13.9 Å². The average molecular weight is 225 g/mol. The molecule has 1 aromatic carbocycles. The lowest BCUT2D eigenvalue weighted by atomic mass is 10.1. The number of nitrogens with zero attached hydrogens (tertiary/aromatic N) is 2. The number of rotatable bonds is 1. The van der Waals surface area contributed by atoms with Crippen LogP contribution in [0.1, 0.15) is 0 Å². The van der Waals surface area contributed by atoms with E-state index >= 15 is 0 Å². The Morgan fingerprint density at radius 3 is 2.50 bits per heavy atom. The second kappa shape index (κ2) is 3.48. The number of phenolic OH excluding ortho intramolecular Hbond substituents is 1. The van der Waals surface area contributed by atoms with E-state index in [0.717, 1.165) is 6.07 Å². The van der Waals surface area contributed by atoms with Crippen molar-refractivity contribution in [2.45, 2.75) is 0 Å². The van der Waals surface area contributed by atoms with E-state index in [1.807, 2.05) is 0 Å². The molecule has 84 valence electrons. The molecule has 0 saturated heterocycles. The van der Waals surface area contributed by atoms with Gasteiger partial charge in [0.05, 0.1) is 6.20 Å². The Bertz CT molecular complexity index is 551. The van der Waals surface area contributed by atoms with E-state index in [2.05, 4.69) is 5.10 Å². The Hall–Kier alpha value is -2.11. The normalized spacial score (nSPS) is 10.7. The summed E-state index contributed by atoms with van der Waals surface area (Å²) in [5.41, 5.74) is 5.90. The molecule has 0 aliphatic rings. The highest BCUT2D eigenvalue weighted by molar-refractivity contribution is 5.74. The van der Waals surface area contributed by atoms with Crippen LogP contribution in [-0.4, -0.2) is 14.9 Å². The summed E-state index contributed by atoms with van der Waals surface area (Å²) in [5, 5.41) is 12.8. The summed E-state index contributed by atoms with van der Waals surface area (Å²) < 4.78 is 27.9. The van der Waals surface area contributed by atoms with E-state index < -0.39 is 17.4 Å². The van der Waals surface area contributed by atoms with Crippen LogP contribution < -0.4 is 5.73 Å². The number of hydrogen-bond donors (Lipinski definition) is 2. The number of aromatic hydroxyl groups is 1. The van der Waals surface area contributed by atoms with Crippen molar-refractivity contribution in [2.24, 2.45) is 7.05 Å². The molecule has 0 atom stereocenters. The summed E-state index contributed by atoms with van der Waals surface area (Å²) >= 11 is 0. The molecule has 0 aliphatic heterocycles. The first-order chi connectivity index (χ1) is 7.50. The first-order valence-corrected chi connectivity index (χ1v) is 4.46. The second-order valence-electron chi connectivity index (χ2n) is 3.35. The lowest BCUT2D eigenvalue weighted by Crippen LogP contribution is -1.98. The molecule has 0 radical (unpaired) electrons. The van der Waals surface area contributed by atoms with Crippen molar-refractivity contribution in [3.05, 3.63) is 30.0 Å². The number of aryl methyl sites for hydroxylation is 1. The van der Waals surface area contributed by atoms with Crippen LogP contribution in [0.3, 0.4) is 0 Å². The van der Waals surface area contributed by atoms with Crippen molar-refractivity contribution in [1.82, 2.24) is 9.78 Å². The van der Waals surface area contributed by atoms with Gasteiger partial charge in [-0.3, -0.25) is 4.68 Å². The maximum Gasteiger partial charge on any atom is 0.165 e. The van der Waals surface area contributed by atoms with Gasteiger partial charge in [-0.15, -0.1) is 0 Å². The highest BCUT2D eigenvalue weighted by Gasteiger charge is 2.15. The minimum Gasteiger partial charge on any atom is -0.505 e. The Morgan fingerprint density at radius 1 is 1.25 bits per heavy atom. The molecule has 0 amide bonds. The maximum absolute atomic E-state index is 13.5. The molecular formula is C10H9F2N3O. The van der Waals surface area contributed by atoms with Crippen molar-refractivity contribution in [3.63, 3.8) is 0 Å². The van der Waals surface area contributed by atoms with Gasteiger partial charge in [-0.2, -0.15) is 5.10 Å². The molecule has 2 rings (SSSR count). The van der Waals surface area contributed by atoms with E-state index in [1.165, 1.54) is 10.9 Å². The van der Waals surface area contributed by atoms with E-state index in [9.17, 15) is 8.78 Å². The minimum absolute atomic E-state index is 0.0269. The van der Waals surface area contributed by atoms with E-state index in [-0.39, 0.29) is 11.4 Å². The van der Waals surface area contributed by atoms with Crippen molar-refractivity contribution in [1.29, 1.82) is 0 Å². The van der Waals surface area contributed by atoms with Crippen LogP contribution in [-0.2, 0) is 7.05 Å². The fraction of sp³-hybridized carbons (Fsp3) is 0.100. The molecule has 2 aromatic rings. The molecule has 0 spiro atoms. The highest BCUT2D eigenvalue weighted by atomic mass is 19.1.